The van der Waals surface area contributed by atoms with Crippen molar-refractivity contribution in [2.24, 2.45) is 5.73 Å². The summed E-state index contributed by atoms with van der Waals surface area (Å²) in [5.41, 5.74) is 8.29. The lowest BCUT2D eigenvalue weighted by Gasteiger charge is -2.30. The fourth-order valence-corrected chi connectivity index (χ4v) is 3.88. The summed E-state index contributed by atoms with van der Waals surface area (Å²) in [7, 11) is -1.04. The van der Waals surface area contributed by atoms with E-state index in [1.165, 1.54) is 0 Å². The molecule has 0 aliphatic carbocycles. The van der Waals surface area contributed by atoms with Crippen molar-refractivity contribution < 1.29 is 8.95 Å². The second-order valence-electron chi connectivity index (χ2n) is 4.92. The Morgan fingerprint density at radius 1 is 1.10 bits per heavy atom. The van der Waals surface area contributed by atoms with Gasteiger partial charge in [0.1, 0.15) is 12.4 Å². The van der Waals surface area contributed by atoms with E-state index >= 15 is 0 Å². The lowest BCUT2D eigenvalue weighted by molar-refractivity contribution is 0.273. The topological polar surface area (TPSA) is 52.3 Å². The highest BCUT2D eigenvalue weighted by molar-refractivity contribution is 7.84. The van der Waals surface area contributed by atoms with Gasteiger partial charge < -0.3 is 10.5 Å². The van der Waals surface area contributed by atoms with Crippen LogP contribution >= 0.6 is 0 Å². The van der Waals surface area contributed by atoms with Gasteiger partial charge in [0.25, 0.3) is 0 Å². The zero-order chi connectivity index (χ0) is 13.9. The Bertz CT molecular complexity index is 615. The Kier molecular flexibility index (Phi) is 3.85. The zero-order valence-electron chi connectivity index (χ0n) is 11.1. The number of benzene rings is 2. The van der Waals surface area contributed by atoms with Crippen molar-refractivity contribution in [3.8, 4) is 5.75 Å². The third-order valence-corrected chi connectivity index (χ3v) is 5.29. The molecule has 2 aromatic rings. The molecular formula is C16H17NO2S. The number of hydrogen-bond acceptors (Lipinski definition) is 3. The van der Waals surface area contributed by atoms with Gasteiger partial charge in [0.15, 0.2) is 0 Å². The minimum absolute atomic E-state index is 0.162. The predicted octanol–water partition coefficient (Wildman–Crippen LogP) is 2.40. The predicted molar refractivity (Wildman–Crippen MR) is 80.9 cm³/mol. The summed E-state index contributed by atoms with van der Waals surface area (Å²) in [4.78, 5) is 0. The summed E-state index contributed by atoms with van der Waals surface area (Å²) >= 11 is 0. The van der Waals surface area contributed by atoms with Crippen LogP contribution < -0.4 is 10.5 Å². The van der Waals surface area contributed by atoms with E-state index < -0.39 is 10.8 Å². The van der Waals surface area contributed by atoms with Crippen LogP contribution in [0.25, 0.3) is 0 Å². The van der Waals surface area contributed by atoms with E-state index in [9.17, 15) is 4.21 Å². The van der Waals surface area contributed by atoms with E-state index in [1.54, 1.807) is 0 Å². The molecule has 1 heterocycles. The van der Waals surface area contributed by atoms with Gasteiger partial charge in [-0.05, 0) is 11.6 Å². The molecule has 0 bridgehead atoms. The van der Waals surface area contributed by atoms with Crippen LogP contribution in [-0.2, 0) is 16.6 Å². The van der Waals surface area contributed by atoms with Crippen molar-refractivity contribution in [1.82, 2.24) is 0 Å². The summed E-state index contributed by atoms with van der Waals surface area (Å²) in [6.07, 6.45) is 0. The molecule has 20 heavy (non-hydrogen) atoms. The average Bonchev–Trinajstić information content (AvgIpc) is 2.49. The van der Waals surface area contributed by atoms with Gasteiger partial charge in [-0.2, -0.15) is 0 Å². The third-order valence-electron chi connectivity index (χ3n) is 3.57. The largest absolute Gasteiger partial charge is 0.492 e. The number of ether oxygens (including phenoxy) is 1. The first-order valence-corrected chi connectivity index (χ1v) is 8.02. The summed E-state index contributed by atoms with van der Waals surface area (Å²) in [5.74, 6) is 1.33. The van der Waals surface area contributed by atoms with Gasteiger partial charge in [0, 0.05) is 22.1 Å². The highest BCUT2D eigenvalue weighted by Gasteiger charge is 2.32. The molecule has 1 aliphatic rings. The second-order valence-corrected chi connectivity index (χ2v) is 6.58. The average molecular weight is 287 g/mol. The quantitative estimate of drug-likeness (QED) is 0.943. The van der Waals surface area contributed by atoms with Gasteiger partial charge in [-0.15, -0.1) is 0 Å². The zero-order valence-corrected chi connectivity index (χ0v) is 11.9. The highest BCUT2D eigenvalue weighted by atomic mass is 32.2. The molecule has 1 aliphatic heterocycles. The molecule has 4 heteroatoms. The molecule has 3 rings (SSSR count). The summed E-state index contributed by atoms with van der Waals surface area (Å²) < 4.78 is 18.2. The van der Waals surface area contributed by atoms with E-state index in [2.05, 4.69) is 0 Å². The first kappa shape index (κ1) is 13.3. The summed E-state index contributed by atoms with van der Waals surface area (Å²) in [5, 5.41) is -0.162. The highest BCUT2D eigenvalue weighted by Crippen LogP contribution is 2.32. The van der Waals surface area contributed by atoms with Crippen LogP contribution in [0.2, 0.25) is 0 Å². The SMILES string of the molecule is NC1c2ccccc2OCC1S(=O)Cc1ccccc1. The number of para-hydroxylation sites is 1. The maximum Gasteiger partial charge on any atom is 0.124 e. The van der Waals surface area contributed by atoms with Crippen molar-refractivity contribution in [3.05, 3.63) is 65.7 Å². The van der Waals surface area contributed by atoms with Crippen LogP contribution in [0.3, 0.4) is 0 Å². The van der Waals surface area contributed by atoms with E-state index in [1.807, 2.05) is 54.6 Å². The van der Waals surface area contributed by atoms with Gasteiger partial charge in [-0.3, -0.25) is 4.21 Å². The van der Waals surface area contributed by atoms with Gasteiger partial charge in [-0.25, -0.2) is 0 Å². The first-order chi connectivity index (χ1) is 9.75. The van der Waals surface area contributed by atoms with Crippen molar-refractivity contribution in [1.29, 1.82) is 0 Å². The Balaban J connectivity index is 1.77. The lowest BCUT2D eigenvalue weighted by Crippen LogP contribution is -2.39. The van der Waals surface area contributed by atoms with E-state index in [-0.39, 0.29) is 11.3 Å². The maximum atomic E-state index is 12.5. The molecule has 0 saturated carbocycles. The molecule has 104 valence electrons. The van der Waals surface area contributed by atoms with Crippen LogP contribution in [0.1, 0.15) is 17.2 Å². The Labute approximate surface area is 121 Å². The number of nitrogens with two attached hydrogens (primary N) is 1. The van der Waals surface area contributed by atoms with E-state index in [0.717, 1.165) is 16.9 Å². The van der Waals surface area contributed by atoms with Crippen LogP contribution in [-0.4, -0.2) is 16.1 Å². The van der Waals surface area contributed by atoms with Crippen molar-refractivity contribution in [2.75, 3.05) is 6.61 Å². The standard InChI is InChI=1S/C16H17NO2S/c17-16-13-8-4-5-9-14(13)19-10-15(16)20(18)11-12-6-2-1-3-7-12/h1-9,15-16H,10-11,17H2. The summed E-state index contributed by atoms with van der Waals surface area (Å²) in [6.45, 7) is 0.414. The molecule has 3 unspecified atom stereocenters. The lowest BCUT2D eigenvalue weighted by atomic mass is 10.0. The van der Waals surface area contributed by atoms with Gasteiger partial charge in [0.2, 0.25) is 0 Å². The molecule has 0 aromatic heterocycles. The van der Waals surface area contributed by atoms with Crippen LogP contribution in [0, 0.1) is 0 Å². The minimum atomic E-state index is -1.04. The normalized spacial score (nSPS) is 22.6. The summed E-state index contributed by atoms with van der Waals surface area (Å²) in [6, 6.07) is 17.3. The molecular weight excluding hydrogens is 270 g/mol. The number of hydrogen-bond donors (Lipinski definition) is 1. The van der Waals surface area contributed by atoms with Gasteiger partial charge in [-0.1, -0.05) is 48.5 Å². The van der Waals surface area contributed by atoms with Crippen LogP contribution in [0.4, 0.5) is 0 Å². The fourth-order valence-electron chi connectivity index (χ4n) is 2.45. The van der Waals surface area contributed by atoms with E-state index in [0.29, 0.717) is 12.4 Å². The van der Waals surface area contributed by atoms with Crippen molar-refractivity contribution in [2.45, 2.75) is 17.0 Å². The van der Waals surface area contributed by atoms with Crippen molar-refractivity contribution in [3.63, 3.8) is 0 Å². The van der Waals surface area contributed by atoms with Crippen LogP contribution in [0.5, 0.6) is 5.75 Å². The second kappa shape index (κ2) is 5.77. The molecule has 3 atom stereocenters. The maximum absolute atomic E-state index is 12.5. The Morgan fingerprint density at radius 2 is 1.80 bits per heavy atom. The minimum Gasteiger partial charge on any atom is -0.492 e. The Hall–Kier alpha value is -1.65. The van der Waals surface area contributed by atoms with Gasteiger partial charge >= 0.3 is 0 Å². The Morgan fingerprint density at radius 3 is 2.60 bits per heavy atom. The first-order valence-electron chi connectivity index (χ1n) is 6.64. The fraction of sp³-hybridized carbons (Fsp3) is 0.250. The molecule has 2 aromatic carbocycles. The number of fused-ring (bicyclic) bond motifs is 1. The molecule has 0 amide bonds. The molecule has 0 fully saturated rings. The van der Waals surface area contributed by atoms with E-state index in [4.69, 9.17) is 10.5 Å². The van der Waals surface area contributed by atoms with Crippen LogP contribution in [0.15, 0.2) is 54.6 Å². The molecule has 3 nitrogen and oxygen atoms in total. The van der Waals surface area contributed by atoms with Crippen molar-refractivity contribution >= 4 is 10.8 Å². The monoisotopic (exact) mass is 287 g/mol. The molecule has 0 saturated heterocycles. The number of rotatable bonds is 3. The molecule has 0 spiro atoms. The molecule has 0 radical (unpaired) electrons. The smallest absolute Gasteiger partial charge is 0.124 e. The third kappa shape index (κ3) is 2.62. The molecule has 2 N–H and O–H groups in total. The van der Waals surface area contributed by atoms with Gasteiger partial charge in [0.05, 0.1) is 11.3 Å².